The number of amides is 2. The summed E-state index contributed by atoms with van der Waals surface area (Å²) < 4.78 is 13.3. The molecule has 1 aliphatic heterocycles. The predicted octanol–water partition coefficient (Wildman–Crippen LogP) is 2.77. The number of anilines is 2. The Kier molecular flexibility index (Phi) is 3.26. The van der Waals surface area contributed by atoms with Crippen molar-refractivity contribution < 1.29 is 14.0 Å². The molecular weight excluding hydrogens is 311 g/mol. The molecule has 24 heavy (non-hydrogen) atoms. The van der Waals surface area contributed by atoms with E-state index in [2.05, 4.69) is 20.6 Å². The molecule has 0 bridgehead atoms. The van der Waals surface area contributed by atoms with Crippen molar-refractivity contribution in [3.05, 3.63) is 53.8 Å². The first-order valence-corrected chi connectivity index (χ1v) is 7.45. The summed E-state index contributed by atoms with van der Waals surface area (Å²) in [6, 6.07) is 11.4. The van der Waals surface area contributed by atoms with Crippen LogP contribution in [0.4, 0.5) is 16.0 Å². The maximum absolute atomic E-state index is 13.3. The molecule has 2 aromatic carbocycles. The molecule has 1 atom stereocenters. The van der Waals surface area contributed by atoms with Gasteiger partial charge in [0.1, 0.15) is 5.82 Å². The molecular formula is C17H13FN4O2. The first-order valence-electron chi connectivity index (χ1n) is 7.45. The van der Waals surface area contributed by atoms with Gasteiger partial charge < -0.3 is 10.3 Å². The predicted molar refractivity (Wildman–Crippen MR) is 87.1 cm³/mol. The number of para-hydroxylation sites is 2. The number of fused-ring (bicyclic) bond motifs is 2. The molecule has 1 aromatic heterocycles. The highest BCUT2D eigenvalue weighted by atomic mass is 19.1. The molecule has 2 amide bonds. The van der Waals surface area contributed by atoms with Crippen LogP contribution in [0.15, 0.2) is 42.5 Å². The third-order valence-electron chi connectivity index (χ3n) is 4.00. The van der Waals surface area contributed by atoms with Crippen LogP contribution >= 0.6 is 0 Å². The van der Waals surface area contributed by atoms with Gasteiger partial charge in [0.15, 0.2) is 0 Å². The van der Waals surface area contributed by atoms with Gasteiger partial charge in [0.2, 0.25) is 17.8 Å². The zero-order chi connectivity index (χ0) is 16.7. The number of hydrogen-bond acceptors (Lipinski definition) is 3. The van der Waals surface area contributed by atoms with E-state index in [0.29, 0.717) is 17.2 Å². The van der Waals surface area contributed by atoms with Crippen LogP contribution in [-0.4, -0.2) is 21.8 Å². The van der Waals surface area contributed by atoms with E-state index < -0.39 is 11.7 Å². The lowest BCUT2D eigenvalue weighted by Gasteiger charge is -2.24. The Hall–Kier alpha value is -3.22. The molecule has 1 aliphatic rings. The van der Waals surface area contributed by atoms with E-state index in [1.165, 1.54) is 18.2 Å². The summed E-state index contributed by atoms with van der Waals surface area (Å²) in [7, 11) is 0. The second kappa shape index (κ2) is 5.45. The Balaban J connectivity index is 1.63. The molecule has 0 radical (unpaired) electrons. The maximum Gasteiger partial charge on any atom is 0.234 e. The maximum atomic E-state index is 13.3. The van der Waals surface area contributed by atoms with Crippen molar-refractivity contribution in [3.8, 4) is 0 Å². The fourth-order valence-corrected chi connectivity index (χ4v) is 2.89. The number of nitrogens with zero attached hydrogens (tertiary/aromatic N) is 1. The number of aromatic amines is 1. The lowest BCUT2D eigenvalue weighted by Crippen LogP contribution is -2.31. The highest BCUT2D eigenvalue weighted by molar-refractivity contribution is 6.04. The van der Waals surface area contributed by atoms with Crippen LogP contribution in [0.3, 0.4) is 0 Å². The minimum atomic E-state index is -0.692. The Morgan fingerprint density at radius 1 is 1.25 bits per heavy atom. The standard InChI is InChI=1S/C17H13FN4O2/c18-9-5-6-10-11(8-15(23)19-14(10)7-9)16(24)22-17-20-12-3-1-2-4-13(12)21-17/h1-7,11H,8H2,(H,19,23)(H2,20,21,22,24). The lowest BCUT2D eigenvalue weighted by molar-refractivity contribution is -0.123. The van der Waals surface area contributed by atoms with Gasteiger partial charge >= 0.3 is 0 Å². The van der Waals surface area contributed by atoms with Gasteiger partial charge in [-0.05, 0) is 29.8 Å². The second-order valence-electron chi connectivity index (χ2n) is 5.63. The van der Waals surface area contributed by atoms with Crippen LogP contribution in [0.5, 0.6) is 0 Å². The van der Waals surface area contributed by atoms with E-state index in [1.54, 1.807) is 0 Å². The number of hydrogen-bond donors (Lipinski definition) is 3. The van der Waals surface area contributed by atoms with Gasteiger partial charge in [0, 0.05) is 12.1 Å². The van der Waals surface area contributed by atoms with Crippen molar-refractivity contribution in [2.75, 3.05) is 10.6 Å². The minimum Gasteiger partial charge on any atom is -0.326 e. The average molecular weight is 324 g/mol. The quantitative estimate of drug-likeness (QED) is 0.677. The molecule has 6 nitrogen and oxygen atoms in total. The van der Waals surface area contributed by atoms with Gasteiger partial charge in [-0.2, -0.15) is 0 Å². The van der Waals surface area contributed by atoms with Gasteiger partial charge in [0.25, 0.3) is 0 Å². The van der Waals surface area contributed by atoms with Crippen LogP contribution in [0, 0.1) is 5.82 Å². The first-order chi connectivity index (χ1) is 11.6. The minimum absolute atomic E-state index is 0.00466. The Labute approximate surface area is 136 Å². The topological polar surface area (TPSA) is 86.9 Å². The Morgan fingerprint density at radius 2 is 2.08 bits per heavy atom. The van der Waals surface area contributed by atoms with Gasteiger partial charge in [-0.15, -0.1) is 0 Å². The molecule has 0 fully saturated rings. The number of nitrogens with one attached hydrogen (secondary N) is 3. The van der Waals surface area contributed by atoms with E-state index in [9.17, 15) is 14.0 Å². The van der Waals surface area contributed by atoms with Crippen molar-refractivity contribution in [2.24, 2.45) is 0 Å². The monoisotopic (exact) mass is 324 g/mol. The molecule has 3 aromatic rings. The van der Waals surface area contributed by atoms with E-state index >= 15 is 0 Å². The Morgan fingerprint density at radius 3 is 2.92 bits per heavy atom. The summed E-state index contributed by atoms with van der Waals surface area (Å²) >= 11 is 0. The SMILES string of the molecule is O=C1CC(C(=O)Nc2nc3ccccc3[nH]2)c2ccc(F)cc2N1. The molecule has 1 unspecified atom stereocenters. The summed E-state index contributed by atoms with van der Waals surface area (Å²) in [4.78, 5) is 31.7. The molecule has 7 heteroatoms. The fraction of sp³-hybridized carbons (Fsp3) is 0.118. The molecule has 120 valence electrons. The zero-order valence-corrected chi connectivity index (χ0v) is 12.5. The largest absolute Gasteiger partial charge is 0.326 e. The summed E-state index contributed by atoms with van der Waals surface area (Å²) in [6.07, 6.45) is 0.00466. The smallest absolute Gasteiger partial charge is 0.234 e. The van der Waals surface area contributed by atoms with Crippen molar-refractivity contribution in [2.45, 2.75) is 12.3 Å². The third kappa shape index (κ3) is 2.50. The molecule has 0 spiro atoms. The number of rotatable bonds is 2. The number of aromatic nitrogens is 2. The van der Waals surface area contributed by atoms with E-state index in [-0.39, 0.29) is 18.2 Å². The molecule has 4 rings (SSSR count). The number of H-pyrrole nitrogens is 1. The first kappa shape index (κ1) is 14.4. The lowest BCUT2D eigenvalue weighted by atomic mass is 9.90. The van der Waals surface area contributed by atoms with Crippen LogP contribution in [-0.2, 0) is 9.59 Å². The van der Waals surface area contributed by atoms with Gasteiger partial charge in [0.05, 0.1) is 17.0 Å². The van der Waals surface area contributed by atoms with Crippen molar-refractivity contribution in [1.29, 1.82) is 0 Å². The van der Waals surface area contributed by atoms with Gasteiger partial charge in [-0.25, -0.2) is 9.37 Å². The summed E-state index contributed by atoms with van der Waals surface area (Å²) in [5, 5.41) is 5.29. The van der Waals surface area contributed by atoms with Crippen LogP contribution in [0.1, 0.15) is 17.9 Å². The third-order valence-corrected chi connectivity index (χ3v) is 4.00. The van der Waals surface area contributed by atoms with Crippen LogP contribution in [0.2, 0.25) is 0 Å². The van der Waals surface area contributed by atoms with E-state index in [0.717, 1.165) is 11.0 Å². The number of benzene rings is 2. The molecule has 3 N–H and O–H groups in total. The number of carbonyl (C=O) groups is 2. The van der Waals surface area contributed by atoms with E-state index in [1.807, 2.05) is 24.3 Å². The molecule has 0 aliphatic carbocycles. The number of imidazole rings is 1. The van der Waals surface area contributed by atoms with Gasteiger partial charge in [-0.1, -0.05) is 18.2 Å². The van der Waals surface area contributed by atoms with Crippen molar-refractivity contribution in [1.82, 2.24) is 9.97 Å². The summed E-state index contributed by atoms with van der Waals surface area (Å²) in [5.74, 6) is -1.53. The summed E-state index contributed by atoms with van der Waals surface area (Å²) in [6.45, 7) is 0. The van der Waals surface area contributed by atoms with Crippen molar-refractivity contribution in [3.63, 3.8) is 0 Å². The van der Waals surface area contributed by atoms with Crippen LogP contribution < -0.4 is 10.6 Å². The molecule has 2 heterocycles. The summed E-state index contributed by atoms with van der Waals surface area (Å²) in [5.41, 5.74) is 2.45. The molecule has 0 saturated heterocycles. The normalized spacial score (nSPS) is 16.5. The number of halogens is 1. The van der Waals surface area contributed by atoms with Crippen molar-refractivity contribution >= 4 is 34.5 Å². The zero-order valence-electron chi connectivity index (χ0n) is 12.5. The highest BCUT2D eigenvalue weighted by Crippen LogP contribution is 2.33. The second-order valence-corrected chi connectivity index (χ2v) is 5.63. The number of carbonyl (C=O) groups excluding carboxylic acids is 2. The highest BCUT2D eigenvalue weighted by Gasteiger charge is 2.31. The molecule has 0 saturated carbocycles. The van der Waals surface area contributed by atoms with Gasteiger partial charge in [-0.3, -0.25) is 14.9 Å². The van der Waals surface area contributed by atoms with Crippen LogP contribution in [0.25, 0.3) is 11.0 Å². The Bertz CT molecular complexity index is 933. The fourth-order valence-electron chi connectivity index (χ4n) is 2.89. The van der Waals surface area contributed by atoms with E-state index in [4.69, 9.17) is 0 Å². The average Bonchev–Trinajstić information content (AvgIpc) is 2.95.